The molecular weight excluding hydrogens is 679 g/mol. The first-order valence-corrected chi connectivity index (χ1v) is 21.4. The minimum atomic E-state index is -2.63. The third-order valence-corrected chi connectivity index (χ3v) is 18.2. The molecule has 13 rings (SSSR count). The molecular formula is C53H33NSi. The van der Waals surface area contributed by atoms with Gasteiger partial charge >= 0.3 is 0 Å². The average Bonchev–Trinajstić information content (AvgIpc) is 3.84. The van der Waals surface area contributed by atoms with Crippen LogP contribution in [0.5, 0.6) is 0 Å². The summed E-state index contributed by atoms with van der Waals surface area (Å²) in [5, 5.41) is 8.55. The highest BCUT2D eigenvalue weighted by Gasteiger charge is 2.55. The second kappa shape index (κ2) is 10.5. The number of benzene rings is 9. The fraction of sp³-hybridized carbons (Fsp3) is 0.0189. The van der Waals surface area contributed by atoms with Gasteiger partial charge in [0.25, 0.3) is 0 Å². The molecule has 0 N–H and O–H groups in total. The van der Waals surface area contributed by atoms with E-state index in [1.807, 2.05) is 0 Å². The van der Waals surface area contributed by atoms with Crippen LogP contribution in [0.3, 0.4) is 0 Å². The van der Waals surface area contributed by atoms with Crippen molar-refractivity contribution in [2.24, 2.45) is 0 Å². The molecule has 0 saturated heterocycles. The largest absolute Gasteiger partial charge is 0.310 e. The molecule has 4 aliphatic rings. The smallest absolute Gasteiger partial charge is 0.182 e. The molecule has 1 aliphatic carbocycles. The minimum absolute atomic E-state index is 0.483. The van der Waals surface area contributed by atoms with Crippen molar-refractivity contribution in [3.63, 3.8) is 0 Å². The molecule has 0 bridgehead atoms. The minimum Gasteiger partial charge on any atom is -0.310 e. The van der Waals surface area contributed by atoms with Crippen LogP contribution in [0.1, 0.15) is 22.3 Å². The van der Waals surface area contributed by atoms with Crippen LogP contribution in [0.4, 0.5) is 17.1 Å². The van der Waals surface area contributed by atoms with Crippen LogP contribution in [-0.2, 0) is 5.41 Å². The lowest BCUT2D eigenvalue weighted by Gasteiger charge is -2.46. The van der Waals surface area contributed by atoms with E-state index in [9.17, 15) is 0 Å². The van der Waals surface area contributed by atoms with Gasteiger partial charge < -0.3 is 4.90 Å². The maximum atomic E-state index is 2.59. The van der Waals surface area contributed by atoms with Gasteiger partial charge in [-0.25, -0.2) is 0 Å². The van der Waals surface area contributed by atoms with Gasteiger partial charge in [0, 0.05) is 11.3 Å². The molecule has 0 aromatic heterocycles. The number of anilines is 3. The van der Waals surface area contributed by atoms with Crippen LogP contribution in [0.2, 0.25) is 0 Å². The number of fused-ring (bicyclic) bond motifs is 21. The first kappa shape index (κ1) is 29.7. The van der Waals surface area contributed by atoms with Crippen molar-refractivity contribution in [3.05, 3.63) is 222 Å². The highest BCUT2D eigenvalue weighted by atomic mass is 28.3. The van der Waals surface area contributed by atoms with E-state index in [1.54, 1.807) is 0 Å². The van der Waals surface area contributed by atoms with Gasteiger partial charge in [-0.2, -0.15) is 0 Å². The SMILES string of the molecule is c1ccc2c(c1)-c1ccccc1C21c2ccccc2N(c2ccc3c(c2)[Si]2(c4ccccc4-c4ccccc42)c2ccccc2-3)c2ccc3ccccc3c21. The van der Waals surface area contributed by atoms with Gasteiger partial charge in [-0.05, 0) is 106 Å². The Labute approximate surface area is 321 Å². The Bertz CT molecular complexity index is 3030. The Morgan fingerprint density at radius 3 is 1.47 bits per heavy atom. The molecule has 254 valence electrons. The molecule has 0 radical (unpaired) electrons. The van der Waals surface area contributed by atoms with E-state index in [0.717, 1.165) is 0 Å². The van der Waals surface area contributed by atoms with Crippen molar-refractivity contribution in [3.8, 4) is 33.4 Å². The van der Waals surface area contributed by atoms with Crippen LogP contribution in [0.15, 0.2) is 200 Å². The topological polar surface area (TPSA) is 3.24 Å². The molecule has 2 heteroatoms. The standard InChI is InChI=1S/C53H33NSi/c1-2-16-36-34(15-1)29-32-47-52(36)53(43-22-8-3-17-37(43)38-18-4-9-23-44(38)53)45-24-10-11-25-46(45)54(47)35-30-31-42-41-21-7-14-28-50(41)55(51(42)33-35)48-26-12-5-19-39(48)40-20-6-13-27-49(40)55/h1-33H. The fourth-order valence-electron chi connectivity index (χ4n) is 11.4. The summed E-state index contributed by atoms with van der Waals surface area (Å²) in [5.41, 5.74) is 16.8. The maximum absolute atomic E-state index is 2.63. The summed E-state index contributed by atoms with van der Waals surface area (Å²) < 4.78 is 0. The predicted octanol–water partition coefficient (Wildman–Crippen LogP) is 10.3. The summed E-state index contributed by atoms with van der Waals surface area (Å²) in [7, 11) is -2.63. The summed E-state index contributed by atoms with van der Waals surface area (Å²) in [6.07, 6.45) is 0. The molecule has 0 fully saturated rings. The Morgan fingerprint density at radius 2 is 0.836 bits per heavy atom. The van der Waals surface area contributed by atoms with Crippen molar-refractivity contribution in [1.29, 1.82) is 0 Å². The van der Waals surface area contributed by atoms with Gasteiger partial charge in [-0.15, -0.1) is 0 Å². The van der Waals surface area contributed by atoms with E-state index in [4.69, 9.17) is 0 Å². The van der Waals surface area contributed by atoms with E-state index in [1.165, 1.54) is 104 Å². The highest BCUT2D eigenvalue weighted by Crippen LogP contribution is 2.64. The summed E-state index contributed by atoms with van der Waals surface area (Å²) in [5.74, 6) is 0. The first-order valence-electron chi connectivity index (χ1n) is 19.4. The number of rotatable bonds is 1. The van der Waals surface area contributed by atoms with Gasteiger partial charge in [0.05, 0.1) is 16.8 Å². The van der Waals surface area contributed by atoms with E-state index in [-0.39, 0.29) is 0 Å². The Balaban J connectivity index is 1.15. The van der Waals surface area contributed by atoms with E-state index < -0.39 is 13.5 Å². The molecule has 0 atom stereocenters. The molecule has 1 nitrogen and oxygen atoms in total. The van der Waals surface area contributed by atoms with Gasteiger partial charge in [-0.1, -0.05) is 176 Å². The predicted molar refractivity (Wildman–Crippen MR) is 231 cm³/mol. The molecule has 2 spiro atoms. The highest BCUT2D eigenvalue weighted by molar-refractivity contribution is 7.24. The van der Waals surface area contributed by atoms with Crippen LogP contribution < -0.4 is 25.6 Å². The fourth-order valence-corrected chi connectivity index (χ4v) is 17.0. The van der Waals surface area contributed by atoms with Crippen molar-refractivity contribution < 1.29 is 0 Å². The van der Waals surface area contributed by atoms with Crippen molar-refractivity contribution in [2.45, 2.75) is 5.41 Å². The lowest BCUT2D eigenvalue weighted by atomic mass is 9.63. The molecule has 3 aliphatic heterocycles. The maximum Gasteiger partial charge on any atom is 0.182 e. The molecule has 9 aromatic carbocycles. The zero-order chi connectivity index (χ0) is 35.9. The molecule has 0 unspecified atom stereocenters. The van der Waals surface area contributed by atoms with Gasteiger partial charge in [0.1, 0.15) is 0 Å². The molecule has 0 amide bonds. The zero-order valence-electron chi connectivity index (χ0n) is 30.0. The quantitative estimate of drug-likeness (QED) is 0.153. The third-order valence-electron chi connectivity index (χ3n) is 13.3. The summed E-state index contributed by atoms with van der Waals surface area (Å²) in [6, 6.07) is 76.3. The molecule has 9 aromatic rings. The van der Waals surface area contributed by atoms with Gasteiger partial charge in [0.2, 0.25) is 0 Å². The number of hydrogen-bond acceptors (Lipinski definition) is 1. The third kappa shape index (κ3) is 3.42. The summed E-state index contributed by atoms with van der Waals surface area (Å²) in [4.78, 5) is 2.59. The van der Waals surface area contributed by atoms with Crippen LogP contribution in [-0.4, -0.2) is 8.07 Å². The summed E-state index contributed by atoms with van der Waals surface area (Å²) >= 11 is 0. The van der Waals surface area contributed by atoms with Crippen LogP contribution in [0, 0.1) is 0 Å². The van der Waals surface area contributed by atoms with Gasteiger partial charge in [-0.3, -0.25) is 0 Å². The normalized spacial score (nSPS) is 15.2. The second-order valence-electron chi connectivity index (χ2n) is 15.5. The lowest BCUT2D eigenvalue weighted by molar-refractivity contribution is 0.760. The molecule has 3 heterocycles. The summed E-state index contributed by atoms with van der Waals surface area (Å²) in [6.45, 7) is 0. The van der Waals surface area contributed by atoms with E-state index in [0.29, 0.717) is 0 Å². The zero-order valence-corrected chi connectivity index (χ0v) is 31.0. The van der Waals surface area contributed by atoms with Crippen molar-refractivity contribution in [2.75, 3.05) is 4.90 Å². The van der Waals surface area contributed by atoms with Crippen LogP contribution in [0.25, 0.3) is 44.2 Å². The van der Waals surface area contributed by atoms with Crippen molar-refractivity contribution in [1.82, 2.24) is 0 Å². The Kier molecular flexibility index (Phi) is 5.65. The van der Waals surface area contributed by atoms with Gasteiger partial charge in [0.15, 0.2) is 8.07 Å². The first-order chi connectivity index (χ1) is 27.3. The monoisotopic (exact) mass is 711 g/mol. The van der Waals surface area contributed by atoms with Crippen molar-refractivity contribution >= 4 is 56.7 Å². The van der Waals surface area contributed by atoms with E-state index >= 15 is 0 Å². The lowest BCUT2D eigenvalue weighted by Crippen LogP contribution is -2.70. The molecule has 0 saturated carbocycles. The molecule has 55 heavy (non-hydrogen) atoms. The average molecular weight is 712 g/mol. The van der Waals surface area contributed by atoms with E-state index in [2.05, 4.69) is 205 Å². The Hall–Kier alpha value is -6.74. The number of nitrogens with zero attached hydrogens (tertiary/aromatic N) is 1. The Morgan fingerprint density at radius 1 is 0.345 bits per heavy atom. The van der Waals surface area contributed by atoms with Crippen LogP contribution >= 0.6 is 0 Å². The number of para-hydroxylation sites is 1. The second-order valence-corrected chi connectivity index (χ2v) is 19.1. The number of hydrogen-bond donors (Lipinski definition) is 0.